The van der Waals surface area contributed by atoms with E-state index < -0.39 is 0 Å². The van der Waals surface area contributed by atoms with Crippen molar-refractivity contribution in [1.82, 2.24) is 4.90 Å². The van der Waals surface area contributed by atoms with E-state index in [9.17, 15) is 9.59 Å². The molecule has 0 saturated carbocycles. The number of para-hydroxylation sites is 1. The fourth-order valence-corrected chi connectivity index (χ4v) is 3.35. The Labute approximate surface area is 148 Å². The number of piperazine rings is 1. The molecule has 0 radical (unpaired) electrons. The molecule has 1 saturated heterocycles. The van der Waals surface area contributed by atoms with Crippen LogP contribution in [0.4, 0.5) is 5.69 Å². The summed E-state index contributed by atoms with van der Waals surface area (Å²) >= 11 is 1.70. The number of anilines is 1. The van der Waals surface area contributed by atoms with Gasteiger partial charge < -0.3 is 15.1 Å². The molecule has 0 bridgehead atoms. The van der Waals surface area contributed by atoms with E-state index in [0.717, 1.165) is 49.6 Å². The van der Waals surface area contributed by atoms with Crippen molar-refractivity contribution in [3.63, 3.8) is 0 Å². The van der Waals surface area contributed by atoms with Crippen LogP contribution in [0.2, 0.25) is 0 Å². The predicted octanol–water partition coefficient (Wildman–Crippen LogP) is 0.668. The van der Waals surface area contributed by atoms with Crippen LogP contribution in [0.25, 0.3) is 0 Å². The molecule has 24 heavy (non-hydrogen) atoms. The summed E-state index contributed by atoms with van der Waals surface area (Å²) in [4.78, 5) is 27.5. The SMILES string of the molecule is CCc1ccccc1NC(=O)C[NH+]1CCN(C(=O)CCSC)CC1. The number of benzene rings is 1. The second-order valence-electron chi connectivity index (χ2n) is 6.11. The van der Waals surface area contributed by atoms with E-state index in [2.05, 4.69) is 12.2 Å². The second-order valence-corrected chi connectivity index (χ2v) is 7.09. The molecule has 1 aliphatic heterocycles. The Hall–Kier alpha value is -1.53. The average Bonchev–Trinajstić information content (AvgIpc) is 2.60. The van der Waals surface area contributed by atoms with Crippen molar-refractivity contribution >= 4 is 29.3 Å². The van der Waals surface area contributed by atoms with Crippen LogP contribution in [0, 0.1) is 0 Å². The van der Waals surface area contributed by atoms with Crippen LogP contribution in [-0.4, -0.2) is 61.4 Å². The molecule has 1 heterocycles. The van der Waals surface area contributed by atoms with Crippen molar-refractivity contribution < 1.29 is 14.5 Å². The van der Waals surface area contributed by atoms with Gasteiger partial charge in [-0.3, -0.25) is 9.59 Å². The topological polar surface area (TPSA) is 53.9 Å². The Morgan fingerprint density at radius 3 is 2.62 bits per heavy atom. The van der Waals surface area contributed by atoms with Gasteiger partial charge in [0.2, 0.25) is 5.91 Å². The normalized spacial score (nSPS) is 15.3. The van der Waals surface area contributed by atoms with Gasteiger partial charge in [-0.2, -0.15) is 11.8 Å². The van der Waals surface area contributed by atoms with E-state index >= 15 is 0 Å². The second kappa shape index (κ2) is 9.69. The van der Waals surface area contributed by atoms with Gasteiger partial charge >= 0.3 is 0 Å². The van der Waals surface area contributed by atoms with E-state index in [1.54, 1.807) is 11.8 Å². The Morgan fingerprint density at radius 2 is 1.96 bits per heavy atom. The average molecular weight is 351 g/mol. The van der Waals surface area contributed by atoms with Crippen LogP contribution < -0.4 is 10.2 Å². The molecule has 0 unspecified atom stereocenters. The summed E-state index contributed by atoms with van der Waals surface area (Å²) < 4.78 is 0. The smallest absolute Gasteiger partial charge is 0.279 e. The number of nitrogens with zero attached hydrogens (tertiary/aromatic N) is 1. The van der Waals surface area contributed by atoms with E-state index in [1.807, 2.05) is 35.4 Å². The van der Waals surface area contributed by atoms with Gasteiger partial charge in [-0.05, 0) is 24.3 Å². The van der Waals surface area contributed by atoms with Crippen LogP contribution in [0.1, 0.15) is 18.9 Å². The number of hydrogen-bond donors (Lipinski definition) is 2. The maximum absolute atomic E-state index is 12.3. The Bertz CT molecular complexity index is 557. The number of nitrogens with one attached hydrogen (secondary N) is 2. The minimum atomic E-state index is 0.0491. The Morgan fingerprint density at radius 1 is 1.25 bits per heavy atom. The van der Waals surface area contributed by atoms with Gasteiger partial charge in [0, 0.05) is 17.9 Å². The van der Waals surface area contributed by atoms with Crippen molar-refractivity contribution in [2.45, 2.75) is 19.8 Å². The molecular formula is C18H28N3O2S+. The third-order valence-corrected chi connectivity index (χ3v) is 5.04. The van der Waals surface area contributed by atoms with Gasteiger partial charge in [-0.15, -0.1) is 0 Å². The van der Waals surface area contributed by atoms with E-state index in [0.29, 0.717) is 13.0 Å². The molecule has 2 amide bonds. The maximum Gasteiger partial charge on any atom is 0.279 e. The van der Waals surface area contributed by atoms with Crippen LogP contribution in [0.3, 0.4) is 0 Å². The molecule has 0 spiro atoms. The van der Waals surface area contributed by atoms with Crippen LogP contribution in [0.5, 0.6) is 0 Å². The zero-order chi connectivity index (χ0) is 17.4. The lowest BCUT2D eigenvalue weighted by molar-refractivity contribution is -0.895. The molecule has 0 aliphatic carbocycles. The van der Waals surface area contributed by atoms with E-state index in [-0.39, 0.29) is 11.8 Å². The fourth-order valence-electron chi connectivity index (χ4n) is 2.97. The van der Waals surface area contributed by atoms with E-state index in [4.69, 9.17) is 0 Å². The summed E-state index contributed by atoms with van der Waals surface area (Å²) in [6.07, 6.45) is 3.54. The molecule has 1 aliphatic rings. The zero-order valence-corrected chi connectivity index (χ0v) is 15.5. The highest BCUT2D eigenvalue weighted by molar-refractivity contribution is 7.98. The molecule has 132 valence electrons. The third kappa shape index (κ3) is 5.53. The Balaban J connectivity index is 1.77. The van der Waals surface area contributed by atoms with Crippen molar-refractivity contribution in [2.75, 3.05) is 50.0 Å². The Kier molecular flexibility index (Phi) is 7.59. The molecule has 1 fully saturated rings. The molecule has 1 aromatic carbocycles. The first-order valence-corrected chi connectivity index (χ1v) is 10.0. The predicted molar refractivity (Wildman–Crippen MR) is 99.6 cm³/mol. The van der Waals surface area contributed by atoms with Crippen molar-refractivity contribution in [3.05, 3.63) is 29.8 Å². The highest BCUT2D eigenvalue weighted by Gasteiger charge is 2.24. The number of carbonyl (C=O) groups is 2. The molecule has 0 aromatic heterocycles. The lowest BCUT2D eigenvalue weighted by atomic mass is 10.1. The molecule has 2 rings (SSSR count). The highest BCUT2D eigenvalue weighted by Crippen LogP contribution is 2.14. The minimum absolute atomic E-state index is 0.0491. The first-order valence-electron chi connectivity index (χ1n) is 8.62. The molecule has 5 nitrogen and oxygen atoms in total. The summed E-state index contributed by atoms with van der Waals surface area (Å²) in [5.74, 6) is 1.17. The van der Waals surface area contributed by atoms with E-state index in [1.165, 1.54) is 4.90 Å². The number of rotatable bonds is 7. The number of quaternary nitrogens is 1. The van der Waals surface area contributed by atoms with Gasteiger partial charge in [0.25, 0.3) is 5.91 Å². The van der Waals surface area contributed by atoms with Gasteiger partial charge in [-0.1, -0.05) is 25.1 Å². The molecule has 2 N–H and O–H groups in total. The van der Waals surface area contributed by atoms with Gasteiger partial charge in [0.15, 0.2) is 6.54 Å². The summed E-state index contributed by atoms with van der Waals surface area (Å²) in [6.45, 7) is 5.73. The third-order valence-electron chi connectivity index (χ3n) is 4.43. The quantitative estimate of drug-likeness (QED) is 0.760. The minimum Gasteiger partial charge on any atom is -0.331 e. The van der Waals surface area contributed by atoms with Crippen LogP contribution in [0.15, 0.2) is 24.3 Å². The van der Waals surface area contributed by atoms with Crippen LogP contribution >= 0.6 is 11.8 Å². The molecule has 1 aromatic rings. The van der Waals surface area contributed by atoms with Gasteiger partial charge in [0.05, 0.1) is 26.2 Å². The van der Waals surface area contributed by atoms with Crippen molar-refractivity contribution in [2.24, 2.45) is 0 Å². The zero-order valence-electron chi connectivity index (χ0n) is 14.6. The summed E-state index contributed by atoms with van der Waals surface area (Å²) in [6, 6.07) is 7.93. The van der Waals surface area contributed by atoms with Gasteiger partial charge in [-0.25, -0.2) is 0 Å². The number of aryl methyl sites for hydroxylation is 1. The number of amides is 2. The lowest BCUT2D eigenvalue weighted by Gasteiger charge is -2.32. The lowest BCUT2D eigenvalue weighted by Crippen LogP contribution is -3.15. The molecule has 6 heteroatoms. The molecule has 0 atom stereocenters. The standard InChI is InChI=1S/C18H27N3O2S/c1-3-15-6-4-5-7-16(15)19-17(22)14-20-9-11-21(12-10-20)18(23)8-13-24-2/h4-7H,3,8-14H2,1-2H3,(H,19,22)/p+1. The van der Waals surface area contributed by atoms with Crippen LogP contribution in [-0.2, 0) is 16.0 Å². The monoisotopic (exact) mass is 350 g/mol. The summed E-state index contributed by atoms with van der Waals surface area (Å²) in [5.41, 5.74) is 2.07. The summed E-state index contributed by atoms with van der Waals surface area (Å²) in [7, 11) is 0. The highest BCUT2D eigenvalue weighted by atomic mass is 32.2. The fraction of sp³-hybridized carbons (Fsp3) is 0.556. The number of thioether (sulfide) groups is 1. The first-order chi connectivity index (χ1) is 11.6. The van der Waals surface area contributed by atoms with Crippen molar-refractivity contribution in [3.8, 4) is 0 Å². The van der Waals surface area contributed by atoms with Gasteiger partial charge in [0.1, 0.15) is 0 Å². The number of hydrogen-bond acceptors (Lipinski definition) is 3. The molecular weight excluding hydrogens is 322 g/mol. The first kappa shape index (κ1) is 18.8. The largest absolute Gasteiger partial charge is 0.331 e. The maximum atomic E-state index is 12.3. The van der Waals surface area contributed by atoms with Crippen molar-refractivity contribution in [1.29, 1.82) is 0 Å². The number of carbonyl (C=O) groups excluding carboxylic acids is 2. The summed E-state index contributed by atoms with van der Waals surface area (Å²) in [5, 5.41) is 3.03.